The Morgan fingerprint density at radius 1 is 1.15 bits per heavy atom. The minimum Gasteiger partial charge on any atom is -0.488 e. The van der Waals surface area contributed by atoms with Gasteiger partial charge in [0, 0.05) is 0 Å². The summed E-state index contributed by atoms with van der Waals surface area (Å²) < 4.78 is 10.8. The fourth-order valence-corrected chi connectivity index (χ4v) is 1.67. The van der Waals surface area contributed by atoms with Crippen LogP contribution in [0, 0.1) is 0 Å². The number of allylic oxidation sites excluding steroid dienone is 1. The number of rotatable bonds is 4. The summed E-state index contributed by atoms with van der Waals surface area (Å²) in [4.78, 5) is 11.7. The van der Waals surface area contributed by atoms with Crippen LogP contribution >= 0.6 is 0 Å². The van der Waals surface area contributed by atoms with Crippen molar-refractivity contribution in [1.82, 2.24) is 0 Å². The van der Waals surface area contributed by atoms with Crippen LogP contribution in [0.3, 0.4) is 0 Å². The third-order valence-corrected chi connectivity index (χ3v) is 2.50. The largest absolute Gasteiger partial charge is 0.488 e. The molecule has 1 aromatic carbocycles. The maximum absolute atomic E-state index is 11.7. The quantitative estimate of drug-likeness (QED) is 0.612. The molecule has 0 radical (unpaired) electrons. The number of carbonyl (C=O) groups is 1. The van der Waals surface area contributed by atoms with E-state index in [-0.39, 0.29) is 11.4 Å². The SMILES string of the molecule is CC(C)(C)Oc1ccc(/C=C/C(=O)c2ccco2)cc1. The van der Waals surface area contributed by atoms with Gasteiger partial charge in [-0.2, -0.15) is 0 Å². The van der Waals surface area contributed by atoms with Crippen molar-refractivity contribution < 1.29 is 13.9 Å². The topological polar surface area (TPSA) is 39.4 Å². The molecule has 3 heteroatoms. The Morgan fingerprint density at radius 2 is 1.85 bits per heavy atom. The molecule has 0 aliphatic carbocycles. The number of hydrogen-bond donors (Lipinski definition) is 0. The first-order valence-electron chi connectivity index (χ1n) is 6.49. The number of hydrogen-bond acceptors (Lipinski definition) is 3. The molecular weight excluding hydrogens is 252 g/mol. The second kappa shape index (κ2) is 5.78. The minimum atomic E-state index is -0.216. The van der Waals surface area contributed by atoms with E-state index >= 15 is 0 Å². The van der Waals surface area contributed by atoms with Gasteiger partial charge in [0.2, 0.25) is 5.78 Å². The van der Waals surface area contributed by atoms with Crippen molar-refractivity contribution in [1.29, 1.82) is 0 Å². The highest BCUT2D eigenvalue weighted by atomic mass is 16.5. The van der Waals surface area contributed by atoms with Crippen LogP contribution in [0.2, 0.25) is 0 Å². The first kappa shape index (κ1) is 14.1. The van der Waals surface area contributed by atoms with E-state index in [1.165, 1.54) is 12.3 Å². The summed E-state index contributed by atoms with van der Waals surface area (Å²) in [5, 5.41) is 0. The van der Waals surface area contributed by atoms with Crippen molar-refractivity contribution in [3.8, 4) is 5.75 Å². The maximum Gasteiger partial charge on any atom is 0.221 e. The first-order valence-corrected chi connectivity index (χ1v) is 6.49. The zero-order valence-corrected chi connectivity index (χ0v) is 11.9. The normalized spacial score (nSPS) is 11.8. The Labute approximate surface area is 118 Å². The van der Waals surface area contributed by atoms with Crippen molar-refractivity contribution >= 4 is 11.9 Å². The molecule has 0 atom stereocenters. The summed E-state index contributed by atoms with van der Waals surface area (Å²) in [7, 11) is 0. The Morgan fingerprint density at radius 3 is 2.40 bits per heavy atom. The summed E-state index contributed by atoms with van der Waals surface area (Å²) in [6, 6.07) is 10.9. The number of ether oxygens (including phenoxy) is 1. The van der Waals surface area contributed by atoms with E-state index in [1.54, 1.807) is 18.2 Å². The van der Waals surface area contributed by atoms with Crippen LogP contribution in [0.15, 0.2) is 53.2 Å². The lowest BCUT2D eigenvalue weighted by Crippen LogP contribution is -2.22. The van der Waals surface area contributed by atoms with Gasteiger partial charge in [0.15, 0.2) is 5.76 Å². The molecule has 0 bridgehead atoms. The van der Waals surface area contributed by atoms with Gasteiger partial charge < -0.3 is 9.15 Å². The number of furan rings is 1. The Hall–Kier alpha value is -2.29. The van der Waals surface area contributed by atoms with Gasteiger partial charge in [0.1, 0.15) is 11.4 Å². The molecule has 0 N–H and O–H groups in total. The average Bonchev–Trinajstić information content (AvgIpc) is 2.89. The fraction of sp³-hybridized carbons (Fsp3) is 0.235. The Balaban J connectivity index is 2.02. The highest BCUT2D eigenvalue weighted by Gasteiger charge is 2.11. The highest BCUT2D eigenvalue weighted by Crippen LogP contribution is 2.19. The molecule has 20 heavy (non-hydrogen) atoms. The van der Waals surface area contributed by atoms with Crippen LogP contribution in [-0.4, -0.2) is 11.4 Å². The van der Waals surface area contributed by atoms with Crippen molar-refractivity contribution in [2.45, 2.75) is 26.4 Å². The summed E-state index contributed by atoms with van der Waals surface area (Å²) in [6.07, 6.45) is 4.74. The Kier molecular flexibility index (Phi) is 4.08. The summed E-state index contributed by atoms with van der Waals surface area (Å²) in [5.74, 6) is 1.01. The van der Waals surface area contributed by atoms with E-state index in [4.69, 9.17) is 9.15 Å². The van der Waals surface area contributed by atoms with Crippen LogP contribution < -0.4 is 4.74 Å². The first-order chi connectivity index (χ1) is 9.44. The average molecular weight is 270 g/mol. The zero-order chi connectivity index (χ0) is 14.6. The summed E-state index contributed by atoms with van der Waals surface area (Å²) in [6.45, 7) is 6.01. The lowest BCUT2D eigenvalue weighted by atomic mass is 10.1. The van der Waals surface area contributed by atoms with Crippen molar-refractivity contribution in [2.75, 3.05) is 0 Å². The molecule has 0 saturated heterocycles. The monoisotopic (exact) mass is 270 g/mol. The molecule has 1 aromatic heterocycles. The summed E-state index contributed by atoms with van der Waals surface area (Å²) >= 11 is 0. The van der Waals surface area contributed by atoms with Gasteiger partial charge in [0.25, 0.3) is 0 Å². The molecule has 3 nitrogen and oxygen atoms in total. The predicted molar refractivity (Wildman–Crippen MR) is 78.9 cm³/mol. The van der Waals surface area contributed by atoms with Gasteiger partial charge >= 0.3 is 0 Å². The van der Waals surface area contributed by atoms with Crippen molar-refractivity contribution in [2.24, 2.45) is 0 Å². The van der Waals surface area contributed by atoms with Gasteiger partial charge in [-0.15, -0.1) is 0 Å². The molecule has 0 aliphatic heterocycles. The lowest BCUT2D eigenvalue weighted by Gasteiger charge is -2.21. The molecular formula is C17H18O3. The van der Waals surface area contributed by atoms with Gasteiger partial charge in [0.05, 0.1) is 6.26 Å². The molecule has 2 aromatic rings. The second-order valence-electron chi connectivity index (χ2n) is 5.46. The number of carbonyl (C=O) groups excluding carboxylic acids is 1. The maximum atomic E-state index is 11.7. The van der Waals surface area contributed by atoms with E-state index in [1.807, 2.05) is 45.0 Å². The zero-order valence-electron chi connectivity index (χ0n) is 11.9. The predicted octanol–water partition coefficient (Wildman–Crippen LogP) is 4.35. The van der Waals surface area contributed by atoms with Crippen molar-refractivity contribution in [3.63, 3.8) is 0 Å². The molecule has 1 heterocycles. The van der Waals surface area contributed by atoms with Gasteiger partial charge in [-0.05, 0) is 56.7 Å². The van der Waals surface area contributed by atoms with E-state index in [0.29, 0.717) is 5.76 Å². The van der Waals surface area contributed by atoms with Gasteiger partial charge in [-0.1, -0.05) is 18.2 Å². The molecule has 0 fully saturated rings. The van der Waals surface area contributed by atoms with Gasteiger partial charge in [-0.25, -0.2) is 0 Å². The van der Waals surface area contributed by atoms with E-state index < -0.39 is 0 Å². The Bertz CT molecular complexity index is 584. The third kappa shape index (κ3) is 4.12. The van der Waals surface area contributed by atoms with E-state index in [2.05, 4.69) is 0 Å². The number of benzene rings is 1. The molecule has 0 spiro atoms. The van der Waals surface area contributed by atoms with E-state index in [0.717, 1.165) is 11.3 Å². The molecule has 0 aliphatic rings. The highest BCUT2D eigenvalue weighted by molar-refractivity contribution is 6.04. The van der Waals surface area contributed by atoms with Crippen LogP contribution in [0.4, 0.5) is 0 Å². The number of ketones is 1. The molecule has 0 unspecified atom stereocenters. The third-order valence-electron chi connectivity index (χ3n) is 2.50. The van der Waals surface area contributed by atoms with Crippen molar-refractivity contribution in [3.05, 3.63) is 60.1 Å². The second-order valence-corrected chi connectivity index (χ2v) is 5.46. The van der Waals surface area contributed by atoms with Crippen LogP contribution in [0.5, 0.6) is 5.75 Å². The van der Waals surface area contributed by atoms with Gasteiger partial charge in [-0.3, -0.25) is 4.79 Å². The standard InChI is InChI=1S/C17H18O3/c1-17(2,3)20-14-9-6-13(7-10-14)8-11-15(18)16-5-4-12-19-16/h4-12H,1-3H3/b11-8+. The molecule has 0 saturated carbocycles. The van der Waals surface area contributed by atoms with Crippen LogP contribution in [0.1, 0.15) is 36.9 Å². The molecule has 104 valence electrons. The molecule has 0 amide bonds. The fourth-order valence-electron chi connectivity index (χ4n) is 1.67. The molecule has 2 rings (SSSR count). The minimum absolute atomic E-state index is 0.148. The van der Waals surface area contributed by atoms with E-state index in [9.17, 15) is 4.79 Å². The van der Waals surface area contributed by atoms with Crippen LogP contribution in [-0.2, 0) is 0 Å². The smallest absolute Gasteiger partial charge is 0.221 e. The lowest BCUT2D eigenvalue weighted by molar-refractivity contribution is 0.102. The summed E-state index contributed by atoms with van der Waals surface area (Å²) in [5.41, 5.74) is 0.721. The van der Waals surface area contributed by atoms with Crippen LogP contribution in [0.25, 0.3) is 6.08 Å².